The van der Waals surface area contributed by atoms with Crippen LogP contribution in [0.1, 0.15) is 80.1 Å². The van der Waals surface area contributed by atoms with Gasteiger partial charge in [-0.15, -0.1) is 0 Å². The molecular formula is C22H38S. The Bertz CT molecular complexity index is 458. The van der Waals surface area contributed by atoms with Crippen LogP contribution in [0.5, 0.6) is 0 Å². The predicted octanol–water partition coefficient (Wildman–Crippen LogP) is 7.58. The van der Waals surface area contributed by atoms with Crippen LogP contribution in [0.4, 0.5) is 0 Å². The first-order valence-electron chi connectivity index (χ1n) is 9.28. The van der Waals surface area contributed by atoms with E-state index < -0.39 is 0 Å². The van der Waals surface area contributed by atoms with Crippen LogP contribution in [0.3, 0.4) is 0 Å². The lowest BCUT2D eigenvalue weighted by Gasteiger charge is -2.39. The molecule has 0 radical (unpaired) electrons. The van der Waals surface area contributed by atoms with Gasteiger partial charge in [0.25, 0.3) is 0 Å². The Morgan fingerprint density at radius 1 is 1.09 bits per heavy atom. The molecule has 0 spiro atoms. The Labute approximate surface area is 149 Å². The Balaban J connectivity index is 3.09. The lowest BCUT2D eigenvalue weighted by Crippen LogP contribution is -2.27. The molecule has 132 valence electrons. The molecular weight excluding hydrogens is 296 g/mol. The third-order valence-corrected chi connectivity index (χ3v) is 7.01. The lowest BCUT2D eigenvalue weighted by atomic mass is 9.70. The van der Waals surface area contributed by atoms with E-state index in [1.807, 2.05) is 0 Å². The highest BCUT2D eigenvalue weighted by Crippen LogP contribution is 2.46. The van der Waals surface area contributed by atoms with Crippen molar-refractivity contribution in [1.29, 1.82) is 0 Å². The highest BCUT2D eigenvalue weighted by Gasteiger charge is 2.33. The molecule has 0 aromatic carbocycles. The third kappa shape index (κ3) is 5.85. The minimum Gasteiger partial charge on any atom is -0.162 e. The SMILES string of the molecule is C=C(C)/C(C)=C(\CC1(CC)CCSCC1)C(=C)CC(C)(C)CC. The maximum absolute atomic E-state index is 4.52. The van der Waals surface area contributed by atoms with Gasteiger partial charge in [-0.05, 0) is 73.0 Å². The van der Waals surface area contributed by atoms with Crippen molar-refractivity contribution in [3.05, 3.63) is 35.5 Å². The van der Waals surface area contributed by atoms with Crippen LogP contribution < -0.4 is 0 Å². The van der Waals surface area contributed by atoms with Crippen molar-refractivity contribution >= 4 is 11.8 Å². The molecule has 1 heterocycles. The fourth-order valence-electron chi connectivity index (χ4n) is 3.42. The van der Waals surface area contributed by atoms with Gasteiger partial charge in [0.1, 0.15) is 0 Å². The van der Waals surface area contributed by atoms with E-state index in [-0.39, 0.29) is 0 Å². The summed E-state index contributed by atoms with van der Waals surface area (Å²) in [6.07, 6.45) is 7.47. The minimum atomic E-state index is 0.333. The number of hydrogen-bond acceptors (Lipinski definition) is 1. The van der Waals surface area contributed by atoms with Gasteiger partial charge in [-0.3, -0.25) is 0 Å². The molecule has 0 amide bonds. The second-order valence-electron chi connectivity index (χ2n) is 8.32. The molecule has 23 heavy (non-hydrogen) atoms. The molecule has 1 aliphatic rings. The first-order chi connectivity index (χ1) is 10.7. The number of hydrogen-bond donors (Lipinski definition) is 0. The van der Waals surface area contributed by atoms with E-state index in [0.29, 0.717) is 10.8 Å². The Morgan fingerprint density at radius 2 is 1.65 bits per heavy atom. The van der Waals surface area contributed by atoms with Crippen molar-refractivity contribution in [3.63, 3.8) is 0 Å². The quantitative estimate of drug-likeness (QED) is 0.412. The topological polar surface area (TPSA) is 0 Å². The maximum Gasteiger partial charge on any atom is -0.00621 e. The second-order valence-corrected chi connectivity index (χ2v) is 9.55. The van der Waals surface area contributed by atoms with E-state index in [1.54, 1.807) is 0 Å². The summed E-state index contributed by atoms with van der Waals surface area (Å²) in [4.78, 5) is 0. The molecule has 0 aromatic heterocycles. The minimum absolute atomic E-state index is 0.333. The van der Waals surface area contributed by atoms with Crippen molar-refractivity contribution in [2.24, 2.45) is 10.8 Å². The summed E-state index contributed by atoms with van der Waals surface area (Å²) in [7, 11) is 0. The van der Waals surface area contributed by atoms with E-state index >= 15 is 0 Å². The molecule has 0 N–H and O–H groups in total. The Kier molecular flexibility index (Phi) is 7.71. The van der Waals surface area contributed by atoms with Gasteiger partial charge >= 0.3 is 0 Å². The second kappa shape index (κ2) is 8.60. The van der Waals surface area contributed by atoms with Crippen LogP contribution in [-0.4, -0.2) is 11.5 Å². The van der Waals surface area contributed by atoms with Gasteiger partial charge in [-0.2, -0.15) is 11.8 Å². The highest BCUT2D eigenvalue weighted by molar-refractivity contribution is 7.99. The van der Waals surface area contributed by atoms with Crippen LogP contribution >= 0.6 is 11.8 Å². The van der Waals surface area contributed by atoms with E-state index in [2.05, 4.69) is 66.5 Å². The number of thioether (sulfide) groups is 1. The van der Waals surface area contributed by atoms with Gasteiger partial charge < -0.3 is 0 Å². The first-order valence-corrected chi connectivity index (χ1v) is 10.4. The lowest BCUT2D eigenvalue weighted by molar-refractivity contribution is 0.245. The van der Waals surface area contributed by atoms with Crippen LogP contribution in [-0.2, 0) is 0 Å². The maximum atomic E-state index is 4.52. The van der Waals surface area contributed by atoms with Gasteiger partial charge in [-0.25, -0.2) is 0 Å². The van der Waals surface area contributed by atoms with Crippen LogP contribution in [0.15, 0.2) is 35.5 Å². The normalized spacial score (nSPS) is 19.2. The fourth-order valence-corrected chi connectivity index (χ4v) is 4.78. The standard InChI is InChI=1S/C22H38S/c1-9-21(7,8)15-18(5)20(19(6)17(3)4)16-22(10-2)11-13-23-14-12-22/h3,5,9-16H2,1-2,4,6-8H3/b20-19+. The van der Waals surface area contributed by atoms with E-state index in [0.717, 1.165) is 6.42 Å². The molecule has 0 bridgehead atoms. The van der Waals surface area contributed by atoms with Crippen molar-refractivity contribution in [2.75, 3.05) is 11.5 Å². The number of allylic oxidation sites excluding steroid dienone is 4. The molecule has 0 unspecified atom stereocenters. The zero-order valence-electron chi connectivity index (χ0n) is 16.5. The van der Waals surface area contributed by atoms with Gasteiger partial charge in [0.15, 0.2) is 0 Å². The summed E-state index contributed by atoms with van der Waals surface area (Å²) >= 11 is 2.12. The Hall–Kier alpha value is -0.430. The smallest absolute Gasteiger partial charge is 0.00621 e. The Morgan fingerprint density at radius 3 is 2.09 bits per heavy atom. The largest absolute Gasteiger partial charge is 0.162 e. The van der Waals surface area contributed by atoms with Crippen molar-refractivity contribution in [2.45, 2.75) is 80.1 Å². The monoisotopic (exact) mass is 334 g/mol. The van der Waals surface area contributed by atoms with Crippen LogP contribution in [0.25, 0.3) is 0 Å². The van der Waals surface area contributed by atoms with Gasteiger partial charge in [0.05, 0.1) is 0 Å². The molecule has 0 aromatic rings. The highest BCUT2D eigenvalue weighted by atomic mass is 32.2. The number of rotatable bonds is 8. The van der Waals surface area contributed by atoms with Gasteiger partial charge in [-0.1, -0.05) is 64.8 Å². The van der Waals surface area contributed by atoms with Crippen molar-refractivity contribution < 1.29 is 0 Å². The third-order valence-electron chi connectivity index (χ3n) is 6.02. The summed E-state index contributed by atoms with van der Waals surface area (Å²) in [5.41, 5.74) is 6.26. The first kappa shape index (κ1) is 20.6. The molecule has 1 heteroatoms. The molecule has 1 fully saturated rings. The summed E-state index contributed by atoms with van der Waals surface area (Å²) in [6, 6.07) is 0. The molecule has 0 saturated carbocycles. The summed E-state index contributed by atoms with van der Waals surface area (Å²) in [5, 5.41) is 0. The summed E-state index contributed by atoms with van der Waals surface area (Å²) in [6.45, 7) is 22.5. The zero-order chi connectivity index (χ0) is 17.7. The molecule has 0 aliphatic carbocycles. The fraction of sp³-hybridized carbons (Fsp3) is 0.727. The zero-order valence-corrected chi connectivity index (χ0v) is 17.3. The van der Waals surface area contributed by atoms with E-state index in [4.69, 9.17) is 0 Å². The van der Waals surface area contributed by atoms with E-state index in [9.17, 15) is 0 Å². The molecule has 1 rings (SSSR count). The average molecular weight is 335 g/mol. The average Bonchev–Trinajstić information content (AvgIpc) is 2.52. The van der Waals surface area contributed by atoms with Crippen LogP contribution in [0.2, 0.25) is 0 Å². The molecule has 1 aliphatic heterocycles. The van der Waals surface area contributed by atoms with Gasteiger partial charge in [0.2, 0.25) is 0 Å². The van der Waals surface area contributed by atoms with Crippen molar-refractivity contribution in [1.82, 2.24) is 0 Å². The molecule has 1 saturated heterocycles. The molecule has 0 nitrogen and oxygen atoms in total. The predicted molar refractivity (Wildman–Crippen MR) is 109 cm³/mol. The van der Waals surface area contributed by atoms with Crippen LogP contribution in [0, 0.1) is 10.8 Å². The summed E-state index contributed by atoms with van der Waals surface area (Å²) < 4.78 is 0. The van der Waals surface area contributed by atoms with Crippen molar-refractivity contribution in [3.8, 4) is 0 Å². The molecule has 0 atom stereocenters. The van der Waals surface area contributed by atoms with Gasteiger partial charge in [0, 0.05) is 0 Å². The van der Waals surface area contributed by atoms with E-state index in [1.165, 1.54) is 65.9 Å². The summed E-state index contributed by atoms with van der Waals surface area (Å²) in [5.74, 6) is 2.64.